The number of anilines is 1. The minimum absolute atomic E-state index is 0.237. The predicted molar refractivity (Wildman–Crippen MR) is 95.9 cm³/mol. The van der Waals surface area contributed by atoms with E-state index < -0.39 is 0 Å². The zero-order chi connectivity index (χ0) is 14.1. The highest BCUT2D eigenvalue weighted by Crippen LogP contribution is 2.33. The van der Waals surface area contributed by atoms with Crippen molar-refractivity contribution < 1.29 is 0 Å². The molecule has 0 spiro atoms. The summed E-state index contributed by atoms with van der Waals surface area (Å²) < 4.78 is 1.34. The van der Waals surface area contributed by atoms with Crippen LogP contribution in [0.2, 0.25) is 0 Å². The molecule has 4 heteroatoms. The van der Waals surface area contributed by atoms with E-state index >= 15 is 0 Å². The van der Waals surface area contributed by atoms with Gasteiger partial charge in [0.2, 0.25) is 0 Å². The van der Waals surface area contributed by atoms with E-state index in [9.17, 15) is 0 Å². The van der Waals surface area contributed by atoms with Crippen molar-refractivity contribution in [2.45, 2.75) is 6.04 Å². The van der Waals surface area contributed by atoms with Crippen LogP contribution in [0.4, 0.5) is 5.69 Å². The van der Waals surface area contributed by atoms with Crippen LogP contribution in [0.25, 0.3) is 10.1 Å². The third kappa shape index (κ3) is 2.62. The lowest BCUT2D eigenvalue weighted by atomic mass is 10.1. The number of hydrogen-bond donors (Lipinski definition) is 1. The highest BCUT2D eigenvalue weighted by molar-refractivity contribution is 7.17. The van der Waals surface area contributed by atoms with Crippen molar-refractivity contribution in [3.8, 4) is 0 Å². The van der Waals surface area contributed by atoms with Gasteiger partial charge in [-0.25, -0.2) is 0 Å². The summed E-state index contributed by atoms with van der Waals surface area (Å²) in [5.74, 6) is 0. The molecule has 0 bridgehead atoms. The number of thiophene rings is 3. The summed E-state index contributed by atoms with van der Waals surface area (Å²) in [5, 5.41) is 11.4. The second-order valence-electron chi connectivity index (χ2n) is 4.78. The molecule has 1 nitrogen and oxygen atoms in total. The Labute approximate surface area is 135 Å². The first kappa shape index (κ1) is 13.1. The van der Waals surface area contributed by atoms with Crippen LogP contribution in [0.1, 0.15) is 15.8 Å². The average Bonchev–Trinajstić information content (AvgIpc) is 3.24. The van der Waals surface area contributed by atoms with Crippen LogP contribution in [0.5, 0.6) is 0 Å². The summed E-state index contributed by atoms with van der Waals surface area (Å²) in [6.07, 6.45) is 0. The molecule has 3 aromatic heterocycles. The molecular formula is C17H13NS3. The van der Waals surface area contributed by atoms with Gasteiger partial charge in [-0.3, -0.25) is 0 Å². The van der Waals surface area contributed by atoms with E-state index in [1.54, 1.807) is 34.0 Å². The fourth-order valence-electron chi connectivity index (χ4n) is 2.42. The number of fused-ring (bicyclic) bond motifs is 1. The van der Waals surface area contributed by atoms with Crippen molar-refractivity contribution in [1.29, 1.82) is 0 Å². The van der Waals surface area contributed by atoms with Crippen molar-refractivity contribution >= 4 is 49.8 Å². The lowest BCUT2D eigenvalue weighted by Gasteiger charge is -2.17. The summed E-state index contributed by atoms with van der Waals surface area (Å²) in [7, 11) is 0. The van der Waals surface area contributed by atoms with Crippen LogP contribution in [0, 0.1) is 0 Å². The summed E-state index contributed by atoms with van der Waals surface area (Å²) in [5.41, 5.74) is 1.17. The first-order chi connectivity index (χ1) is 10.4. The molecule has 21 heavy (non-hydrogen) atoms. The van der Waals surface area contributed by atoms with E-state index in [0.29, 0.717) is 0 Å². The maximum absolute atomic E-state index is 3.69. The molecule has 1 aromatic carbocycles. The number of benzene rings is 1. The van der Waals surface area contributed by atoms with Crippen LogP contribution < -0.4 is 5.32 Å². The van der Waals surface area contributed by atoms with Gasteiger partial charge in [-0.05, 0) is 57.9 Å². The molecule has 4 aromatic rings. The molecule has 0 amide bonds. The Morgan fingerprint density at radius 3 is 2.19 bits per heavy atom. The van der Waals surface area contributed by atoms with E-state index in [0.717, 1.165) is 0 Å². The van der Waals surface area contributed by atoms with Crippen LogP contribution in [0.3, 0.4) is 0 Å². The lowest BCUT2D eigenvalue weighted by molar-refractivity contribution is 0.994. The molecule has 1 N–H and O–H groups in total. The maximum atomic E-state index is 3.69. The normalized spacial score (nSPS) is 11.3. The molecule has 0 saturated carbocycles. The molecule has 3 heterocycles. The van der Waals surface area contributed by atoms with Crippen LogP contribution in [-0.4, -0.2) is 0 Å². The molecule has 0 unspecified atom stereocenters. The third-order valence-corrected chi connectivity index (χ3v) is 6.19. The maximum Gasteiger partial charge on any atom is 0.0953 e. The van der Waals surface area contributed by atoms with Gasteiger partial charge in [0.1, 0.15) is 0 Å². The van der Waals surface area contributed by atoms with Crippen molar-refractivity contribution in [2.24, 2.45) is 0 Å². The van der Waals surface area contributed by atoms with Gasteiger partial charge in [-0.2, -0.15) is 0 Å². The third-order valence-electron chi connectivity index (χ3n) is 3.42. The fourth-order valence-corrected chi connectivity index (χ4v) is 4.85. The Morgan fingerprint density at radius 1 is 0.762 bits per heavy atom. The minimum atomic E-state index is 0.237. The summed E-state index contributed by atoms with van der Waals surface area (Å²) in [4.78, 5) is 2.70. The molecule has 4 rings (SSSR count). The smallest absolute Gasteiger partial charge is 0.0953 e. The van der Waals surface area contributed by atoms with E-state index in [4.69, 9.17) is 0 Å². The molecule has 0 fully saturated rings. The second-order valence-corrected chi connectivity index (χ2v) is 7.69. The van der Waals surface area contributed by atoms with Crippen LogP contribution in [0.15, 0.2) is 64.7 Å². The summed E-state index contributed by atoms with van der Waals surface area (Å²) in [6.45, 7) is 0. The Bertz CT molecular complexity index is 794. The SMILES string of the molecule is c1csc(C(Nc2ccc3sccc3c2)c2cccs2)c1. The van der Waals surface area contributed by atoms with Crippen molar-refractivity contribution in [3.63, 3.8) is 0 Å². The number of rotatable bonds is 4. The first-order valence-corrected chi connectivity index (χ1v) is 9.35. The van der Waals surface area contributed by atoms with E-state index in [-0.39, 0.29) is 6.04 Å². The van der Waals surface area contributed by atoms with E-state index in [1.807, 2.05) is 0 Å². The highest BCUT2D eigenvalue weighted by Gasteiger charge is 2.16. The fraction of sp³-hybridized carbons (Fsp3) is 0.0588. The van der Waals surface area contributed by atoms with Gasteiger partial charge >= 0.3 is 0 Å². The highest BCUT2D eigenvalue weighted by atomic mass is 32.1. The molecule has 0 aliphatic rings. The Morgan fingerprint density at radius 2 is 1.52 bits per heavy atom. The zero-order valence-electron chi connectivity index (χ0n) is 11.2. The van der Waals surface area contributed by atoms with Gasteiger partial charge in [0.15, 0.2) is 0 Å². The molecule has 0 saturated heterocycles. The Kier molecular flexibility index (Phi) is 3.51. The predicted octanol–water partition coefficient (Wildman–Crippen LogP) is 6.23. The van der Waals surface area contributed by atoms with E-state index in [2.05, 4.69) is 70.0 Å². The molecule has 104 valence electrons. The largest absolute Gasteiger partial charge is 0.373 e. The van der Waals surface area contributed by atoms with Crippen molar-refractivity contribution in [1.82, 2.24) is 0 Å². The quantitative estimate of drug-likeness (QED) is 0.469. The van der Waals surface area contributed by atoms with Gasteiger partial charge in [0.05, 0.1) is 6.04 Å². The number of nitrogens with one attached hydrogen (secondary N) is 1. The van der Waals surface area contributed by atoms with Crippen LogP contribution in [-0.2, 0) is 0 Å². The van der Waals surface area contributed by atoms with Gasteiger partial charge in [-0.1, -0.05) is 12.1 Å². The van der Waals surface area contributed by atoms with Gasteiger partial charge < -0.3 is 5.32 Å². The van der Waals surface area contributed by atoms with Crippen molar-refractivity contribution in [2.75, 3.05) is 5.32 Å². The minimum Gasteiger partial charge on any atom is -0.373 e. The van der Waals surface area contributed by atoms with Crippen LogP contribution >= 0.6 is 34.0 Å². The monoisotopic (exact) mass is 327 g/mol. The zero-order valence-corrected chi connectivity index (χ0v) is 13.6. The van der Waals surface area contributed by atoms with Gasteiger partial charge in [0, 0.05) is 20.1 Å². The molecule has 0 radical (unpaired) electrons. The molecule has 0 aliphatic heterocycles. The standard InChI is InChI=1S/C17H13NS3/c1-3-15(19-8-1)17(16-4-2-9-20-16)18-13-5-6-14-12(11-13)7-10-21-14/h1-11,17-18H. The van der Waals surface area contributed by atoms with E-state index in [1.165, 1.54) is 25.5 Å². The average molecular weight is 327 g/mol. The number of hydrogen-bond acceptors (Lipinski definition) is 4. The van der Waals surface area contributed by atoms with Crippen molar-refractivity contribution in [3.05, 3.63) is 74.4 Å². The molecular weight excluding hydrogens is 314 g/mol. The topological polar surface area (TPSA) is 12.0 Å². The van der Waals surface area contributed by atoms with Gasteiger partial charge in [0.25, 0.3) is 0 Å². The first-order valence-electron chi connectivity index (χ1n) is 6.71. The second kappa shape index (κ2) is 5.64. The lowest BCUT2D eigenvalue weighted by Crippen LogP contribution is -2.09. The van der Waals surface area contributed by atoms with Gasteiger partial charge in [-0.15, -0.1) is 34.0 Å². The Balaban J connectivity index is 1.71. The molecule has 0 aliphatic carbocycles. The Hall–Kier alpha value is -1.62. The molecule has 0 atom stereocenters. The summed E-state index contributed by atoms with van der Waals surface area (Å²) in [6, 6.07) is 17.7. The summed E-state index contributed by atoms with van der Waals surface area (Å²) >= 11 is 5.39.